The number of halogens is 3. The average molecular weight is 393 g/mol. The van der Waals surface area contributed by atoms with Crippen molar-refractivity contribution in [1.29, 1.82) is 0 Å². The molecule has 1 amide bonds. The quantitative estimate of drug-likeness (QED) is 0.676. The first kappa shape index (κ1) is 22.1. The first-order valence-corrected chi connectivity index (χ1v) is 9.00. The van der Waals surface area contributed by atoms with Gasteiger partial charge >= 0.3 is 18.2 Å². The van der Waals surface area contributed by atoms with Crippen molar-refractivity contribution in [3.63, 3.8) is 0 Å². The lowest BCUT2D eigenvalue weighted by molar-refractivity contribution is -0.139. The number of nitrogens with one attached hydrogen (secondary N) is 1. The van der Waals surface area contributed by atoms with Gasteiger partial charge in [-0.25, -0.2) is 9.59 Å². The maximum Gasteiger partial charge on any atom is 0.416 e. The SMILES string of the molecule is CC(C)(C)OC(=O)NC(CCSCc1cccc(C(F)(F)F)c1)C(=O)O. The van der Waals surface area contributed by atoms with Crippen LogP contribution in [0.15, 0.2) is 24.3 Å². The molecule has 0 fully saturated rings. The largest absolute Gasteiger partial charge is 0.480 e. The Morgan fingerprint density at radius 2 is 1.92 bits per heavy atom. The Labute approximate surface area is 154 Å². The number of benzene rings is 1. The molecule has 1 aromatic carbocycles. The number of amides is 1. The van der Waals surface area contributed by atoms with E-state index in [1.54, 1.807) is 26.8 Å². The molecule has 0 bridgehead atoms. The van der Waals surface area contributed by atoms with Crippen molar-refractivity contribution in [3.05, 3.63) is 35.4 Å². The van der Waals surface area contributed by atoms with Crippen molar-refractivity contribution < 1.29 is 32.6 Å². The molecular weight excluding hydrogens is 371 g/mol. The first-order valence-electron chi connectivity index (χ1n) is 7.84. The Hall–Kier alpha value is -1.90. The lowest BCUT2D eigenvalue weighted by atomic mass is 10.1. The van der Waals surface area contributed by atoms with Crippen LogP contribution < -0.4 is 5.32 Å². The maximum absolute atomic E-state index is 12.7. The predicted molar refractivity (Wildman–Crippen MR) is 93.0 cm³/mol. The van der Waals surface area contributed by atoms with Crippen LogP contribution in [0.2, 0.25) is 0 Å². The van der Waals surface area contributed by atoms with Gasteiger partial charge in [0, 0.05) is 5.75 Å². The molecule has 2 N–H and O–H groups in total. The highest BCUT2D eigenvalue weighted by molar-refractivity contribution is 7.98. The third-order valence-electron chi connectivity index (χ3n) is 3.06. The van der Waals surface area contributed by atoms with Crippen LogP contribution in [-0.2, 0) is 21.5 Å². The van der Waals surface area contributed by atoms with Crippen LogP contribution in [0.4, 0.5) is 18.0 Å². The molecule has 1 aromatic rings. The molecule has 0 aliphatic heterocycles. The van der Waals surface area contributed by atoms with Gasteiger partial charge in [-0.3, -0.25) is 0 Å². The van der Waals surface area contributed by atoms with Gasteiger partial charge in [0.05, 0.1) is 5.56 Å². The number of aliphatic carboxylic acids is 1. The van der Waals surface area contributed by atoms with E-state index < -0.39 is 35.4 Å². The second-order valence-corrected chi connectivity index (χ2v) is 7.68. The zero-order valence-electron chi connectivity index (χ0n) is 14.7. The number of thioether (sulfide) groups is 1. The summed E-state index contributed by atoms with van der Waals surface area (Å²) in [5.41, 5.74) is -0.965. The summed E-state index contributed by atoms with van der Waals surface area (Å²) in [6.07, 6.45) is -5.10. The topological polar surface area (TPSA) is 75.6 Å². The Morgan fingerprint density at radius 3 is 2.46 bits per heavy atom. The lowest BCUT2D eigenvalue weighted by Gasteiger charge is -2.22. The number of ether oxygens (including phenoxy) is 1. The number of carbonyl (C=O) groups is 2. The minimum Gasteiger partial charge on any atom is -0.480 e. The summed E-state index contributed by atoms with van der Waals surface area (Å²) in [4.78, 5) is 22.9. The van der Waals surface area contributed by atoms with E-state index in [9.17, 15) is 22.8 Å². The van der Waals surface area contributed by atoms with E-state index >= 15 is 0 Å². The summed E-state index contributed by atoms with van der Waals surface area (Å²) in [5, 5.41) is 11.4. The van der Waals surface area contributed by atoms with E-state index in [1.807, 2.05) is 0 Å². The minimum absolute atomic E-state index is 0.123. The molecule has 0 saturated carbocycles. The third kappa shape index (κ3) is 8.46. The summed E-state index contributed by atoms with van der Waals surface area (Å²) >= 11 is 1.29. The van der Waals surface area contributed by atoms with Crippen molar-refractivity contribution >= 4 is 23.8 Å². The highest BCUT2D eigenvalue weighted by Crippen LogP contribution is 2.30. The molecule has 0 aliphatic rings. The molecule has 0 radical (unpaired) electrons. The second kappa shape index (κ2) is 9.16. The fourth-order valence-electron chi connectivity index (χ4n) is 1.94. The van der Waals surface area contributed by atoms with Crippen LogP contribution in [0.25, 0.3) is 0 Å². The number of carboxylic acid groups (broad SMARTS) is 1. The van der Waals surface area contributed by atoms with E-state index in [1.165, 1.54) is 17.8 Å². The van der Waals surface area contributed by atoms with E-state index in [4.69, 9.17) is 9.84 Å². The number of rotatable bonds is 7. The molecule has 26 heavy (non-hydrogen) atoms. The first-order chi connectivity index (χ1) is 11.9. The van der Waals surface area contributed by atoms with E-state index in [0.29, 0.717) is 17.1 Å². The van der Waals surface area contributed by atoms with Gasteiger partial charge in [0.15, 0.2) is 0 Å². The number of alkyl carbamates (subject to hydrolysis) is 1. The van der Waals surface area contributed by atoms with Gasteiger partial charge in [-0.15, -0.1) is 0 Å². The van der Waals surface area contributed by atoms with Gasteiger partial charge < -0.3 is 15.2 Å². The summed E-state index contributed by atoms with van der Waals surface area (Å²) < 4.78 is 43.0. The summed E-state index contributed by atoms with van der Waals surface area (Å²) in [6.45, 7) is 4.98. The second-order valence-electron chi connectivity index (χ2n) is 6.58. The molecule has 1 rings (SSSR count). The number of carbonyl (C=O) groups excluding carboxylic acids is 1. The fourth-order valence-corrected chi connectivity index (χ4v) is 2.90. The van der Waals surface area contributed by atoms with Gasteiger partial charge in [0.25, 0.3) is 0 Å². The molecule has 9 heteroatoms. The molecular formula is C17H22F3NO4S. The zero-order chi connectivity index (χ0) is 20.0. The van der Waals surface area contributed by atoms with Crippen molar-refractivity contribution in [3.8, 4) is 0 Å². The molecule has 0 spiro atoms. The van der Waals surface area contributed by atoms with Crippen molar-refractivity contribution in [2.75, 3.05) is 5.75 Å². The van der Waals surface area contributed by atoms with E-state index in [0.717, 1.165) is 12.1 Å². The maximum atomic E-state index is 12.7. The normalized spacial score (nSPS) is 13.2. The van der Waals surface area contributed by atoms with Crippen LogP contribution >= 0.6 is 11.8 Å². The highest BCUT2D eigenvalue weighted by atomic mass is 32.2. The van der Waals surface area contributed by atoms with Crippen molar-refractivity contribution in [1.82, 2.24) is 5.32 Å². The summed E-state index contributed by atoms with van der Waals surface area (Å²) in [6, 6.07) is 3.86. The average Bonchev–Trinajstić information content (AvgIpc) is 2.47. The van der Waals surface area contributed by atoms with Crippen LogP contribution in [0, 0.1) is 0 Å². The Bertz CT molecular complexity index is 629. The van der Waals surface area contributed by atoms with Gasteiger partial charge in [-0.05, 0) is 44.6 Å². The van der Waals surface area contributed by atoms with Crippen LogP contribution in [-0.4, -0.2) is 34.6 Å². The van der Waals surface area contributed by atoms with Gasteiger partial charge in [0.2, 0.25) is 0 Å². The summed E-state index contributed by atoms with van der Waals surface area (Å²) in [5.74, 6) is -0.540. The van der Waals surface area contributed by atoms with Crippen molar-refractivity contribution in [2.24, 2.45) is 0 Å². The predicted octanol–water partition coefficient (Wildman–Crippen LogP) is 4.31. The minimum atomic E-state index is -4.40. The molecule has 0 aromatic heterocycles. The standard InChI is InChI=1S/C17H22F3NO4S/c1-16(2,3)25-15(24)21-13(14(22)23)7-8-26-10-11-5-4-6-12(9-11)17(18,19)20/h4-6,9,13H,7-8,10H2,1-3H3,(H,21,24)(H,22,23). The number of hydrogen-bond donors (Lipinski definition) is 2. The fraction of sp³-hybridized carbons (Fsp3) is 0.529. The molecule has 5 nitrogen and oxygen atoms in total. The van der Waals surface area contributed by atoms with Gasteiger partial charge in [-0.1, -0.05) is 18.2 Å². The number of alkyl halides is 3. The van der Waals surface area contributed by atoms with Crippen molar-refractivity contribution in [2.45, 2.75) is 50.8 Å². The van der Waals surface area contributed by atoms with Gasteiger partial charge in [-0.2, -0.15) is 24.9 Å². The summed E-state index contributed by atoms with van der Waals surface area (Å²) in [7, 11) is 0. The molecule has 0 heterocycles. The Balaban J connectivity index is 2.49. The highest BCUT2D eigenvalue weighted by Gasteiger charge is 2.30. The Kier molecular flexibility index (Phi) is 7.80. The van der Waals surface area contributed by atoms with Crippen LogP contribution in [0.1, 0.15) is 38.3 Å². The Morgan fingerprint density at radius 1 is 1.27 bits per heavy atom. The van der Waals surface area contributed by atoms with Gasteiger partial charge in [0.1, 0.15) is 11.6 Å². The number of carboxylic acids is 1. The molecule has 1 unspecified atom stereocenters. The molecule has 0 saturated heterocycles. The smallest absolute Gasteiger partial charge is 0.416 e. The number of hydrogen-bond acceptors (Lipinski definition) is 4. The van der Waals surface area contributed by atoms with Crippen LogP contribution in [0.5, 0.6) is 0 Å². The molecule has 0 aliphatic carbocycles. The lowest BCUT2D eigenvalue weighted by Crippen LogP contribution is -2.43. The van der Waals surface area contributed by atoms with Crippen LogP contribution in [0.3, 0.4) is 0 Å². The van der Waals surface area contributed by atoms with E-state index in [2.05, 4.69) is 5.32 Å². The molecule has 146 valence electrons. The monoisotopic (exact) mass is 393 g/mol. The third-order valence-corrected chi connectivity index (χ3v) is 4.12. The van der Waals surface area contributed by atoms with E-state index in [-0.39, 0.29) is 6.42 Å². The zero-order valence-corrected chi connectivity index (χ0v) is 15.5. The molecule has 1 atom stereocenters.